The van der Waals surface area contributed by atoms with Crippen LogP contribution < -0.4 is 61.8 Å². The van der Waals surface area contributed by atoms with Gasteiger partial charge in [-0.05, 0) is 12.8 Å². The van der Waals surface area contributed by atoms with Crippen LogP contribution in [0.4, 0.5) is 0 Å². The molecule has 7 heteroatoms. The van der Waals surface area contributed by atoms with Crippen molar-refractivity contribution in [1.82, 2.24) is 5.32 Å². The molecule has 24 heavy (non-hydrogen) atoms. The molecule has 0 radical (unpaired) electrons. The van der Waals surface area contributed by atoms with Crippen molar-refractivity contribution >= 4 is 17.8 Å². The van der Waals surface area contributed by atoms with Crippen LogP contribution in [0.5, 0.6) is 0 Å². The Kier molecular flexibility index (Phi) is 19.6. The number of hydrogen-bond acceptors (Lipinski definition) is 4. The molecule has 0 aromatic heterocycles. The largest absolute Gasteiger partial charge is 1.00 e. The maximum absolute atomic E-state index is 11.9. The molecule has 1 amide bonds. The molecule has 1 unspecified atom stereocenters. The first kappa shape index (κ1) is 26.3. The van der Waals surface area contributed by atoms with Crippen molar-refractivity contribution in [3.8, 4) is 0 Å². The van der Waals surface area contributed by atoms with Crippen LogP contribution in [-0.4, -0.2) is 29.5 Å². The van der Waals surface area contributed by atoms with Gasteiger partial charge in [-0.25, -0.2) is 0 Å². The second-order valence-electron chi connectivity index (χ2n) is 5.98. The predicted octanol–water partition coefficient (Wildman–Crippen LogP) is -1.13. The quantitative estimate of drug-likeness (QED) is 0.281. The minimum Gasteiger partial charge on any atom is -0.548 e. The van der Waals surface area contributed by atoms with Gasteiger partial charge >= 0.3 is 57.4 Å². The summed E-state index contributed by atoms with van der Waals surface area (Å²) >= 11 is 0. The van der Waals surface area contributed by atoms with Crippen LogP contribution in [0.15, 0.2) is 0 Å². The first-order valence-electron chi connectivity index (χ1n) is 8.66. The Morgan fingerprint density at radius 2 is 1.50 bits per heavy atom. The van der Waals surface area contributed by atoms with E-state index in [-0.39, 0.29) is 64.2 Å². The van der Waals surface area contributed by atoms with Crippen LogP contribution in [0.3, 0.4) is 0 Å². The number of carboxylic acids is 2. The fourth-order valence-corrected chi connectivity index (χ4v) is 2.53. The third-order valence-electron chi connectivity index (χ3n) is 3.89. The van der Waals surface area contributed by atoms with Gasteiger partial charge in [0.05, 0.1) is 12.5 Å². The van der Waals surface area contributed by atoms with Gasteiger partial charge in [0, 0.05) is 12.3 Å². The first-order chi connectivity index (χ1) is 11.0. The Morgan fingerprint density at radius 3 is 2.00 bits per heavy atom. The number of hydrogen-bond donors (Lipinski definition) is 2. The van der Waals surface area contributed by atoms with Gasteiger partial charge in [0.15, 0.2) is 0 Å². The molecule has 6 nitrogen and oxygen atoms in total. The summed E-state index contributed by atoms with van der Waals surface area (Å²) in [7, 11) is 0. The summed E-state index contributed by atoms with van der Waals surface area (Å²) < 4.78 is 0. The monoisotopic (exact) mass is 367 g/mol. The maximum atomic E-state index is 11.9. The summed E-state index contributed by atoms with van der Waals surface area (Å²) in [5.41, 5.74) is 0. The summed E-state index contributed by atoms with van der Waals surface area (Å²) in [4.78, 5) is 32.9. The molecule has 0 aliphatic rings. The van der Waals surface area contributed by atoms with Crippen molar-refractivity contribution in [2.75, 3.05) is 6.54 Å². The third kappa shape index (κ3) is 16.9. The molecular formula is C17H30KNO5. The second kappa shape index (κ2) is 17.9. The number of nitrogens with one attached hydrogen (secondary N) is 1. The van der Waals surface area contributed by atoms with Gasteiger partial charge in [0.2, 0.25) is 5.91 Å². The van der Waals surface area contributed by atoms with Crippen molar-refractivity contribution in [2.24, 2.45) is 5.92 Å². The van der Waals surface area contributed by atoms with Crippen molar-refractivity contribution in [3.05, 3.63) is 0 Å². The Balaban J connectivity index is 0. The predicted molar refractivity (Wildman–Crippen MR) is 85.6 cm³/mol. The van der Waals surface area contributed by atoms with E-state index in [1.165, 1.54) is 32.1 Å². The molecule has 2 N–H and O–H groups in total. The number of carboxylic acid groups (broad SMARTS) is 2. The average Bonchev–Trinajstić information content (AvgIpc) is 2.50. The van der Waals surface area contributed by atoms with Crippen molar-refractivity contribution < 1.29 is 76.0 Å². The fourth-order valence-electron chi connectivity index (χ4n) is 2.53. The van der Waals surface area contributed by atoms with E-state index < -0.39 is 30.3 Å². The summed E-state index contributed by atoms with van der Waals surface area (Å²) in [6.07, 6.45) is 9.95. The third-order valence-corrected chi connectivity index (χ3v) is 3.89. The standard InChI is InChI=1S/C17H31NO5.K/c1-2-3-4-5-6-7-8-9-10-14(11-12-15(19)20)17(23)18-13-16(21)22;/h14H,2-13H2,1H3,(H,18,23)(H,19,20)(H,21,22);/q;+1/p-1. The topological polar surface area (TPSA) is 107 Å². The van der Waals surface area contributed by atoms with E-state index in [2.05, 4.69) is 12.2 Å². The smallest absolute Gasteiger partial charge is 0.548 e. The van der Waals surface area contributed by atoms with Crippen LogP contribution >= 0.6 is 0 Å². The molecule has 0 saturated carbocycles. The molecule has 0 fully saturated rings. The summed E-state index contributed by atoms with van der Waals surface area (Å²) in [6, 6.07) is 0. The number of amides is 1. The molecule has 0 aliphatic heterocycles. The molecule has 0 aromatic carbocycles. The summed E-state index contributed by atoms with van der Waals surface area (Å²) in [6.45, 7) is 1.66. The first-order valence-corrected chi connectivity index (χ1v) is 8.66. The zero-order valence-corrected chi connectivity index (χ0v) is 18.3. The van der Waals surface area contributed by atoms with Gasteiger partial charge in [-0.3, -0.25) is 9.59 Å². The molecule has 0 aromatic rings. The van der Waals surface area contributed by atoms with Gasteiger partial charge in [-0.2, -0.15) is 0 Å². The van der Waals surface area contributed by atoms with E-state index in [0.29, 0.717) is 6.42 Å². The van der Waals surface area contributed by atoms with Crippen LogP contribution in [0.1, 0.15) is 77.6 Å². The molecule has 1 atom stereocenters. The molecule has 0 aliphatic carbocycles. The fraction of sp³-hybridized carbons (Fsp3) is 0.824. The minimum atomic E-state index is -1.34. The number of rotatable bonds is 15. The van der Waals surface area contributed by atoms with Crippen LogP contribution in [0.2, 0.25) is 0 Å². The molecule has 0 bridgehead atoms. The number of unbranched alkanes of at least 4 members (excludes halogenated alkanes) is 7. The van der Waals surface area contributed by atoms with E-state index in [4.69, 9.17) is 5.11 Å². The Bertz CT molecular complexity index is 363. The Labute approximate surface area is 187 Å². The van der Waals surface area contributed by atoms with E-state index in [0.717, 1.165) is 19.3 Å². The van der Waals surface area contributed by atoms with Gasteiger partial charge in [0.25, 0.3) is 0 Å². The van der Waals surface area contributed by atoms with Crippen LogP contribution in [0.25, 0.3) is 0 Å². The Morgan fingerprint density at radius 1 is 0.958 bits per heavy atom. The molecule has 0 spiro atoms. The molecular weight excluding hydrogens is 337 g/mol. The van der Waals surface area contributed by atoms with E-state index >= 15 is 0 Å². The molecule has 0 rings (SSSR count). The number of aliphatic carboxylic acids is 2. The zero-order chi connectivity index (χ0) is 17.5. The normalized spacial score (nSPS) is 11.4. The summed E-state index contributed by atoms with van der Waals surface area (Å²) in [5.74, 6) is -3.12. The minimum absolute atomic E-state index is 0. The summed E-state index contributed by atoms with van der Waals surface area (Å²) in [5, 5.41) is 21.4. The average molecular weight is 368 g/mol. The molecule has 0 heterocycles. The molecule has 134 valence electrons. The van der Waals surface area contributed by atoms with Crippen molar-refractivity contribution in [3.63, 3.8) is 0 Å². The SMILES string of the molecule is CCCCCCCCCCC(CCC(=O)O)C(=O)NCC(=O)[O-].[K+]. The number of carbonyl (C=O) groups is 3. The van der Waals surface area contributed by atoms with Gasteiger partial charge in [-0.1, -0.05) is 58.3 Å². The van der Waals surface area contributed by atoms with Gasteiger partial charge in [0.1, 0.15) is 0 Å². The second-order valence-corrected chi connectivity index (χ2v) is 5.98. The molecule has 0 saturated heterocycles. The van der Waals surface area contributed by atoms with E-state index in [9.17, 15) is 19.5 Å². The van der Waals surface area contributed by atoms with Crippen molar-refractivity contribution in [1.29, 1.82) is 0 Å². The van der Waals surface area contributed by atoms with Gasteiger partial charge < -0.3 is 20.3 Å². The zero-order valence-electron chi connectivity index (χ0n) is 15.1. The van der Waals surface area contributed by atoms with Gasteiger partial charge in [-0.15, -0.1) is 0 Å². The maximum Gasteiger partial charge on any atom is 1.00 e. The number of carbonyl (C=O) groups excluding carboxylic acids is 2. The van der Waals surface area contributed by atoms with E-state index in [1.807, 2.05) is 0 Å². The van der Waals surface area contributed by atoms with Crippen molar-refractivity contribution in [2.45, 2.75) is 77.6 Å². The van der Waals surface area contributed by atoms with E-state index in [1.54, 1.807) is 0 Å². The van der Waals surface area contributed by atoms with Crippen LogP contribution in [-0.2, 0) is 14.4 Å². The van der Waals surface area contributed by atoms with Crippen LogP contribution in [0, 0.1) is 5.92 Å². The Hall–Kier alpha value is 0.0464.